The van der Waals surface area contributed by atoms with Gasteiger partial charge in [-0.25, -0.2) is 0 Å². The topological polar surface area (TPSA) is 113 Å². The Bertz CT molecular complexity index is 400. The molecule has 7 heteroatoms. The molecule has 1 atom stereocenters. The van der Waals surface area contributed by atoms with Crippen molar-refractivity contribution in [1.29, 1.82) is 0 Å². The van der Waals surface area contributed by atoms with Gasteiger partial charge in [0.25, 0.3) is 5.91 Å². The minimum atomic E-state index is -1.35. The molecule has 0 radical (unpaired) electrons. The normalized spacial score (nSPS) is 14.4. The fraction of sp³-hybridized carbons (Fsp3) is 0.600. The van der Waals surface area contributed by atoms with Crippen LogP contribution in [0.2, 0.25) is 0 Å². The number of aliphatic hydroxyl groups is 2. The number of carbonyl (C=O) groups excluding carboxylic acids is 1. The monoisotopic (exact) mass is 242 g/mol. The Labute approximate surface area is 99.2 Å². The van der Waals surface area contributed by atoms with Crippen LogP contribution in [0.3, 0.4) is 0 Å². The van der Waals surface area contributed by atoms with Gasteiger partial charge in [-0.05, 0) is 13.8 Å². The minimum Gasteiger partial charge on any atom is -0.396 e. The van der Waals surface area contributed by atoms with Crippen LogP contribution in [0.15, 0.2) is 6.20 Å². The third kappa shape index (κ3) is 3.18. The molecule has 96 valence electrons. The van der Waals surface area contributed by atoms with E-state index in [0.717, 1.165) is 0 Å². The van der Waals surface area contributed by atoms with Gasteiger partial charge < -0.3 is 21.3 Å². The number of aliphatic hydroxyl groups excluding tert-OH is 1. The zero-order chi connectivity index (χ0) is 13.1. The molecule has 7 nitrogen and oxygen atoms in total. The highest BCUT2D eigenvalue weighted by atomic mass is 16.3. The molecule has 0 saturated heterocycles. The second-order valence-corrected chi connectivity index (χ2v) is 4.10. The lowest BCUT2D eigenvalue weighted by Gasteiger charge is -2.20. The Morgan fingerprint density at radius 1 is 1.71 bits per heavy atom. The first kappa shape index (κ1) is 13.5. The van der Waals surface area contributed by atoms with Crippen molar-refractivity contribution in [3.05, 3.63) is 11.9 Å². The lowest BCUT2D eigenvalue weighted by Crippen LogP contribution is -2.43. The summed E-state index contributed by atoms with van der Waals surface area (Å²) in [6, 6.07) is 0. The van der Waals surface area contributed by atoms with Crippen molar-refractivity contribution in [2.24, 2.45) is 0 Å². The summed E-state index contributed by atoms with van der Waals surface area (Å²) in [5.41, 5.74) is 4.84. The lowest BCUT2D eigenvalue weighted by molar-refractivity contribution is 0.00312. The number of aryl methyl sites for hydroxylation is 1. The van der Waals surface area contributed by atoms with E-state index >= 15 is 0 Å². The number of rotatable bonds is 5. The maximum atomic E-state index is 11.8. The van der Waals surface area contributed by atoms with Gasteiger partial charge in [0.05, 0.1) is 18.5 Å². The van der Waals surface area contributed by atoms with Gasteiger partial charge in [-0.2, -0.15) is 5.10 Å². The van der Waals surface area contributed by atoms with Crippen LogP contribution in [-0.2, 0) is 6.54 Å². The number of anilines is 1. The van der Waals surface area contributed by atoms with Gasteiger partial charge in [0.2, 0.25) is 0 Å². The van der Waals surface area contributed by atoms with Gasteiger partial charge in [-0.1, -0.05) is 0 Å². The van der Waals surface area contributed by atoms with E-state index < -0.39 is 18.1 Å². The predicted molar refractivity (Wildman–Crippen MR) is 62.4 cm³/mol. The molecule has 17 heavy (non-hydrogen) atoms. The molecular weight excluding hydrogens is 224 g/mol. The van der Waals surface area contributed by atoms with Gasteiger partial charge in [0.15, 0.2) is 0 Å². The van der Waals surface area contributed by atoms with Crippen molar-refractivity contribution in [3.63, 3.8) is 0 Å². The molecule has 1 rings (SSSR count). The first-order valence-electron chi connectivity index (χ1n) is 5.34. The fourth-order valence-corrected chi connectivity index (χ4v) is 1.30. The standard InChI is InChI=1S/C10H18N4O3/c1-3-14-8(7(11)4-13-14)9(16)12-5-10(2,17)6-15/h4,15,17H,3,5-6,11H2,1-2H3,(H,12,16). The van der Waals surface area contributed by atoms with Crippen LogP contribution in [0.25, 0.3) is 0 Å². The first-order valence-corrected chi connectivity index (χ1v) is 5.34. The molecule has 0 aliphatic carbocycles. The highest BCUT2D eigenvalue weighted by Crippen LogP contribution is 2.10. The number of hydrogen-bond donors (Lipinski definition) is 4. The zero-order valence-corrected chi connectivity index (χ0v) is 9.97. The number of hydrogen-bond acceptors (Lipinski definition) is 5. The van der Waals surface area contributed by atoms with Crippen molar-refractivity contribution in [2.75, 3.05) is 18.9 Å². The highest BCUT2D eigenvalue weighted by Gasteiger charge is 2.22. The molecule has 1 unspecified atom stereocenters. The molecule has 0 saturated carbocycles. The Balaban J connectivity index is 2.73. The third-order valence-corrected chi connectivity index (χ3v) is 2.35. The molecule has 0 aliphatic heterocycles. The second-order valence-electron chi connectivity index (χ2n) is 4.10. The molecule has 0 fully saturated rings. The number of nitrogens with two attached hydrogens (primary N) is 1. The molecule has 1 amide bonds. The summed E-state index contributed by atoms with van der Waals surface area (Å²) in [7, 11) is 0. The molecule has 0 spiro atoms. The van der Waals surface area contributed by atoms with Crippen LogP contribution in [0.4, 0.5) is 5.69 Å². The molecule has 1 aromatic heterocycles. The van der Waals surface area contributed by atoms with Gasteiger partial charge in [0, 0.05) is 13.1 Å². The average Bonchev–Trinajstić information content (AvgIpc) is 2.67. The van der Waals surface area contributed by atoms with Crippen LogP contribution in [0.1, 0.15) is 24.3 Å². The van der Waals surface area contributed by atoms with Crippen molar-refractivity contribution in [3.8, 4) is 0 Å². The average molecular weight is 242 g/mol. The minimum absolute atomic E-state index is 0.0589. The van der Waals surface area contributed by atoms with E-state index in [1.807, 2.05) is 6.92 Å². The summed E-state index contributed by atoms with van der Waals surface area (Å²) in [6.07, 6.45) is 1.41. The van der Waals surface area contributed by atoms with Gasteiger partial charge in [-0.3, -0.25) is 9.48 Å². The second kappa shape index (κ2) is 5.15. The van der Waals surface area contributed by atoms with E-state index in [-0.39, 0.29) is 17.9 Å². The number of aromatic nitrogens is 2. The van der Waals surface area contributed by atoms with Crippen LogP contribution in [0.5, 0.6) is 0 Å². The Morgan fingerprint density at radius 2 is 2.35 bits per heavy atom. The van der Waals surface area contributed by atoms with Gasteiger partial charge >= 0.3 is 0 Å². The van der Waals surface area contributed by atoms with Crippen molar-refractivity contribution in [2.45, 2.75) is 26.0 Å². The van der Waals surface area contributed by atoms with Crippen LogP contribution >= 0.6 is 0 Å². The zero-order valence-electron chi connectivity index (χ0n) is 9.97. The number of carbonyl (C=O) groups is 1. The third-order valence-electron chi connectivity index (χ3n) is 2.35. The van der Waals surface area contributed by atoms with E-state index in [1.165, 1.54) is 17.8 Å². The molecule has 0 aromatic carbocycles. The van der Waals surface area contributed by atoms with Crippen LogP contribution in [-0.4, -0.2) is 44.7 Å². The Kier molecular flexibility index (Phi) is 4.08. The van der Waals surface area contributed by atoms with E-state index in [9.17, 15) is 9.90 Å². The van der Waals surface area contributed by atoms with Crippen molar-refractivity contribution in [1.82, 2.24) is 15.1 Å². The smallest absolute Gasteiger partial charge is 0.271 e. The summed E-state index contributed by atoms with van der Waals surface area (Å²) < 4.78 is 1.47. The summed E-state index contributed by atoms with van der Waals surface area (Å²) in [5, 5.41) is 24.8. The SMILES string of the molecule is CCn1ncc(N)c1C(=O)NCC(C)(O)CO. The maximum Gasteiger partial charge on any atom is 0.271 e. The number of amides is 1. The number of nitrogens with one attached hydrogen (secondary N) is 1. The molecule has 1 aromatic rings. The van der Waals surface area contributed by atoms with Crippen LogP contribution < -0.4 is 11.1 Å². The van der Waals surface area contributed by atoms with Crippen molar-refractivity contribution >= 4 is 11.6 Å². The largest absolute Gasteiger partial charge is 0.396 e. The van der Waals surface area contributed by atoms with Crippen molar-refractivity contribution < 1.29 is 15.0 Å². The Hall–Kier alpha value is -1.60. The summed E-state index contributed by atoms with van der Waals surface area (Å²) >= 11 is 0. The summed E-state index contributed by atoms with van der Waals surface area (Å²) in [6.45, 7) is 3.30. The van der Waals surface area contributed by atoms with E-state index in [0.29, 0.717) is 6.54 Å². The van der Waals surface area contributed by atoms with E-state index in [2.05, 4.69) is 10.4 Å². The highest BCUT2D eigenvalue weighted by molar-refractivity contribution is 5.97. The summed E-state index contributed by atoms with van der Waals surface area (Å²) in [4.78, 5) is 11.8. The fourth-order valence-electron chi connectivity index (χ4n) is 1.30. The predicted octanol–water partition coefficient (Wildman–Crippen LogP) is -1.04. The molecule has 0 bridgehead atoms. The number of nitrogen functional groups attached to an aromatic ring is 1. The van der Waals surface area contributed by atoms with Gasteiger partial charge in [0.1, 0.15) is 11.3 Å². The molecule has 0 aliphatic rings. The quantitative estimate of drug-likeness (QED) is 0.526. The Morgan fingerprint density at radius 3 is 2.88 bits per heavy atom. The van der Waals surface area contributed by atoms with E-state index in [1.54, 1.807) is 0 Å². The first-order chi connectivity index (χ1) is 7.91. The maximum absolute atomic E-state index is 11.8. The lowest BCUT2D eigenvalue weighted by atomic mass is 10.1. The van der Waals surface area contributed by atoms with E-state index in [4.69, 9.17) is 10.8 Å². The molecule has 5 N–H and O–H groups in total. The molecular formula is C10H18N4O3. The van der Waals surface area contributed by atoms with Gasteiger partial charge in [-0.15, -0.1) is 0 Å². The number of nitrogens with zero attached hydrogens (tertiary/aromatic N) is 2. The van der Waals surface area contributed by atoms with Crippen LogP contribution in [0, 0.1) is 0 Å². The molecule has 1 heterocycles. The summed E-state index contributed by atoms with van der Waals surface area (Å²) in [5.74, 6) is -0.421.